The van der Waals surface area contributed by atoms with E-state index in [1.165, 1.54) is 0 Å². The van der Waals surface area contributed by atoms with E-state index >= 15 is 0 Å². The van der Waals surface area contributed by atoms with Crippen molar-refractivity contribution in [3.63, 3.8) is 0 Å². The Hall–Kier alpha value is -1.87. The van der Waals surface area contributed by atoms with E-state index in [1.54, 1.807) is 0 Å². The molecule has 1 rings (SSSR count). The summed E-state index contributed by atoms with van der Waals surface area (Å²) >= 11 is 0. The Kier molecular flexibility index (Phi) is 4.43. The van der Waals surface area contributed by atoms with Crippen LogP contribution in [0.3, 0.4) is 0 Å². The summed E-state index contributed by atoms with van der Waals surface area (Å²) in [6, 6.07) is 0. The van der Waals surface area contributed by atoms with Crippen LogP contribution in [0.2, 0.25) is 0 Å². The highest BCUT2D eigenvalue weighted by molar-refractivity contribution is 7.45. The van der Waals surface area contributed by atoms with Crippen LogP contribution in [0.5, 0.6) is 34.5 Å². The Morgan fingerprint density at radius 2 is 0.588 bits per heavy atom. The number of phenolic OH excluding ortho intramolecular Hbond substituents is 6. The van der Waals surface area contributed by atoms with Crippen molar-refractivity contribution in [2.45, 2.75) is 0 Å². The van der Waals surface area contributed by atoms with Gasteiger partial charge >= 0.3 is 7.82 Å². The number of benzene rings is 1. The van der Waals surface area contributed by atoms with Crippen molar-refractivity contribution in [2.24, 2.45) is 0 Å². The maximum absolute atomic E-state index is 8.88. The third-order valence-corrected chi connectivity index (χ3v) is 1.35. The fourth-order valence-corrected chi connectivity index (χ4v) is 0.673. The quantitative estimate of drug-likeness (QED) is 0.160. The number of phenols is 6. The minimum atomic E-state index is -4.64. The minimum absolute atomic E-state index is 1.09. The highest BCUT2D eigenvalue weighted by atomic mass is 31.2. The van der Waals surface area contributed by atoms with Gasteiger partial charge in [0.25, 0.3) is 0 Å². The lowest BCUT2D eigenvalue weighted by Gasteiger charge is -2.06. The second-order valence-electron chi connectivity index (χ2n) is 2.60. The van der Waals surface area contributed by atoms with Gasteiger partial charge in [0.2, 0.25) is 34.5 Å². The minimum Gasteiger partial charge on any atom is -0.502 e. The van der Waals surface area contributed by atoms with Crippen LogP contribution in [0.1, 0.15) is 0 Å². The summed E-state index contributed by atoms with van der Waals surface area (Å²) in [6.45, 7) is 0. The van der Waals surface area contributed by atoms with Gasteiger partial charge in [0, 0.05) is 0 Å². The molecule has 0 aliphatic rings. The molecule has 0 fully saturated rings. The lowest BCUT2D eigenvalue weighted by molar-refractivity contribution is 0.275. The second kappa shape index (κ2) is 4.97. The van der Waals surface area contributed by atoms with Gasteiger partial charge in [-0.05, 0) is 0 Å². The number of rotatable bonds is 0. The van der Waals surface area contributed by atoms with Gasteiger partial charge in [0.05, 0.1) is 0 Å². The van der Waals surface area contributed by atoms with E-state index < -0.39 is 42.3 Å². The second-order valence-corrected chi connectivity index (χ2v) is 3.63. The molecule has 0 bridgehead atoms. The molecule has 0 saturated carbocycles. The van der Waals surface area contributed by atoms with E-state index in [2.05, 4.69) is 0 Å². The summed E-state index contributed by atoms with van der Waals surface area (Å²) in [7, 11) is -4.64. The van der Waals surface area contributed by atoms with Crippen LogP contribution in [0, 0.1) is 0 Å². The summed E-state index contributed by atoms with van der Waals surface area (Å²) < 4.78 is 8.88. The first-order valence-corrected chi connectivity index (χ1v) is 5.19. The molecule has 10 nitrogen and oxygen atoms in total. The highest BCUT2D eigenvalue weighted by Gasteiger charge is 2.22. The molecule has 0 amide bonds. The molecule has 9 N–H and O–H groups in total. The van der Waals surface area contributed by atoms with E-state index in [4.69, 9.17) is 49.9 Å². The molecular formula is C6H9O10P. The maximum atomic E-state index is 8.88. The summed E-state index contributed by atoms with van der Waals surface area (Å²) in [5, 5.41) is 52.6. The molecule has 0 aromatic heterocycles. The van der Waals surface area contributed by atoms with Crippen LogP contribution in [0.4, 0.5) is 0 Å². The fourth-order valence-electron chi connectivity index (χ4n) is 0.673. The molecule has 11 heteroatoms. The third kappa shape index (κ3) is 4.25. The molecule has 1 aromatic rings. The average Bonchev–Trinajstić information content (AvgIpc) is 2.18. The van der Waals surface area contributed by atoms with Gasteiger partial charge in [-0.1, -0.05) is 0 Å². The van der Waals surface area contributed by atoms with Crippen LogP contribution >= 0.6 is 7.82 Å². The molecular weight excluding hydrogens is 263 g/mol. The normalized spacial score (nSPS) is 10.5. The number of phosphoric acid groups is 1. The molecule has 98 valence electrons. The summed E-state index contributed by atoms with van der Waals surface area (Å²) in [5.41, 5.74) is 0. The first-order valence-electron chi connectivity index (χ1n) is 3.62. The highest BCUT2D eigenvalue weighted by Crippen LogP contribution is 2.54. The molecule has 17 heavy (non-hydrogen) atoms. The molecule has 0 heterocycles. The molecule has 0 aliphatic heterocycles. The average molecular weight is 272 g/mol. The van der Waals surface area contributed by atoms with Crippen molar-refractivity contribution in [1.82, 2.24) is 0 Å². The van der Waals surface area contributed by atoms with Crippen molar-refractivity contribution < 1.29 is 49.9 Å². The topological polar surface area (TPSA) is 199 Å². The van der Waals surface area contributed by atoms with Gasteiger partial charge in [0.15, 0.2) is 0 Å². The molecule has 0 unspecified atom stereocenters. The summed E-state index contributed by atoms with van der Waals surface area (Å²) in [5.74, 6) is -6.57. The van der Waals surface area contributed by atoms with Crippen molar-refractivity contribution >= 4 is 7.82 Å². The molecule has 0 atom stereocenters. The summed E-state index contributed by atoms with van der Waals surface area (Å²) in [4.78, 5) is 21.6. The molecule has 1 aromatic carbocycles. The van der Waals surface area contributed by atoms with Gasteiger partial charge in [-0.3, -0.25) is 0 Å². The van der Waals surface area contributed by atoms with E-state index in [9.17, 15) is 0 Å². The van der Waals surface area contributed by atoms with Gasteiger partial charge < -0.3 is 45.3 Å². The lowest BCUT2D eigenvalue weighted by atomic mass is 10.2. The summed E-state index contributed by atoms with van der Waals surface area (Å²) in [6.07, 6.45) is 0. The van der Waals surface area contributed by atoms with Crippen LogP contribution in [0.25, 0.3) is 0 Å². The van der Waals surface area contributed by atoms with Gasteiger partial charge in [-0.25, -0.2) is 4.57 Å². The first-order chi connectivity index (χ1) is 7.46. The smallest absolute Gasteiger partial charge is 0.466 e. The predicted molar refractivity (Wildman–Crippen MR) is 50.7 cm³/mol. The van der Waals surface area contributed by atoms with Crippen LogP contribution in [-0.2, 0) is 4.57 Å². The van der Waals surface area contributed by atoms with Gasteiger partial charge in [-0.15, -0.1) is 0 Å². The maximum Gasteiger partial charge on any atom is 0.466 e. The monoisotopic (exact) mass is 272 g/mol. The van der Waals surface area contributed by atoms with E-state index in [0.29, 0.717) is 0 Å². The van der Waals surface area contributed by atoms with E-state index in [1.807, 2.05) is 0 Å². The Labute approximate surface area is 93.1 Å². The standard InChI is InChI=1S/C6H6O6.H3O4P/c7-1-2(8)4(10)6(12)5(11)3(1)9;1-5(2,3)4/h7-12H;(H3,1,2,3,4). The van der Waals surface area contributed by atoms with Crippen LogP contribution < -0.4 is 0 Å². The van der Waals surface area contributed by atoms with Crippen LogP contribution in [0.15, 0.2) is 0 Å². The van der Waals surface area contributed by atoms with Crippen molar-refractivity contribution in [3.8, 4) is 34.5 Å². The molecule has 0 spiro atoms. The van der Waals surface area contributed by atoms with Crippen LogP contribution in [-0.4, -0.2) is 45.3 Å². The zero-order chi connectivity index (χ0) is 14.0. The number of aromatic hydroxyl groups is 6. The Balaban J connectivity index is 0.000000437. The van der Waals surface area contributed by atoms with E-state index in [-0.39, 0.29) is 0 Å². The van der Waals surface area contributed by atoms with Gasteiger partial charge in [0.1, 0.15) is 0 Å². The number of hydrogen-bond acceptors (Lipinski definition) is 7. The van der Waals surface area contributed by atoms with E-state index in [0.717, 1.165) is 0 Å². The number of hydrogen-bond donors (Lipinski definition) is 9. The zero-order valence-corrected chi connectivity index (χ0v) is 8.77. The Bertz CT molecular complexity index is 349. The van der Waals surface area contributed by atoms with Gasteiger partial charge in [-0.2, -0.15) is 0 Å². The lowest BCUT2D eigenvalue weighted by Crippen LogP contribution is -1.77. The van der Waals surface area contributed by atoms with Crippen molar-refractivity contribution in [2.75, 3.05) is 0 Å². The van der Waals surface area contributed by atoms with Crippen molar-refractivity contribution in [1.29, 1.82) is 0 Å². The fraction of sp³-hybridized carbons (Fsp3) is 0. The Morgan fingerprint density at radius 3 is 0.647 bits per heavy atom. The molecule has 0 saturated heterocycles. The molecule has 0 aliphatic carbocycles. The Morgan fingerprint density at radius 1 is 0.529 bits per heavy atom. The predicted octanol–water partition coefficient (Wildman–Crippen LogP) is -1.01. The third-order valence-electron chi connectivity index (χ3n) is 1.35. The molecule has 0 radical (unpaired) electrons. The SMILES string of the molecule is O=P(O)(O)O.Oc1c(O)c(O)c(O)c(O)c1O. The first kappa shape index (κ1) is 15.1. The van der Waals surface area contributed by atoms with Crippen molar-refractivity contribution in [3.05, 3.63) is 0 Å². The largest absolute Gasteiger partial charge is 0.502 e. The zero-order valence-electron chi connectivity index (χ0n) is 7.88.